The van der Waals surface area contributed by atoms with Crippen molar-refractivity contribution in [2.75, 3.05) is 0 Å². The number of ether oxygens (including phenoxy) is 1. The average molecular weight is 517 g/mol. The Balaban J connectivity index is 0.000000649. The summed E-state index contributed by atoms with van der Waals surface area (Å²) in [5, 5.41) is 29.6. The highest BCUT2D eigenvalue weighted by atomic mass is 16.6. The molecule has 2 rings (SSSR count). The normalized spacial score (nSPS) is 13.3. The van der Waals surface area contributed by atoms with Crippen LogP contribution in [0, 0.1) is 0 Å². The summed E-state index contributed by atoms with van der Waals surface area (Å²) in [6.45, 7) is 5.47. The maximum atomic E-state index is 12.3. The highest BCUT2D eigenvalue weighted by Gasteiger charge is 2.24. The van der Waals surface area contributed by atoms with Crippen LogP contribution in [0.15, 0.2) is 60.7 Å². The maximum Gasteiger partial charge on any atom is 0.407 e. The largest absolute Gasteiger partial charge is 0.481 e. The quantitative estimate of drug-likeness (QED) is 0.285. The number of carboxylic acids is 2. The van der Waals surface area contributed by atoms with Crippen LogP contribution in [0.3, 0.4) is 0 Å². The molecule has 0 heterocycles. The van der Waals surface area contributed by atoms with Crippen molar-refractivity contribution in [1.82, 2.24) is 5.32 Å². The second-order valence-corrected chi connectivity index (χ2v) is 9.83. The number of amides is 1. The summed E-state index contributed by atoms with van der Waals surface area (Å²) < 4.78 is 5.38. The second-order valence-electron chi connectivity index (χ2n) is 9.83. The first-order valence-electron chi connectivity index (χ1n) is 12.3. The third kappa shape index (κ3) is 16.0. The van der Waals surface area contributed by atoms with Gasteiger partial charge in [0, 0.05) is 24.9 Å². The number of aliphatic hydroxyl groups is 1. The molecule has 0 aromatic heterocycles. The van der Waals surface area contributed by atoms with Crippen molar-refractivity contribution in [3.63, 3.8) is 0 Å². The van der Waals surface area contributed by atoms with Crippen LogP contribution in [0.4, 0.5) is 4.79 Å². The lowest BCUT2D eigenvalue weighted by atomic mass is 9.94. The van der Waals surface area contributed by atoms with E-state index in [9.17, 15) is 19.5 Å². The SMILES string of the molecule is CC(C)(C)OC(=O)NC(Cc1ccccc1)CC(O)C(N)Cc1ccccc1.O=C(O)CCCC(=O)O. The third-order valence-corrected chi connectivity index (χ3v) is 5.16. The third-order valence-electron chi connectivity index (χ3n) is 5.16. The average Bonchev–Trinajstić information content (AvgIpc) is 2.79. The van der Waals surface area contributed by atoms with Crippen LogP contribution < -0.4 is 11.1 Å². The smallest absolute Gasteiger partial charge is 0.407 e. The number of hydrogen-bond acceptors (Lipinski definition) is 6. The summed E-state index contributed by atoms with van der Waals surface area (Å²) in [6, 6.07) is 19.0. The van der Waals surface area contributed by atoms with Gasteiger partial charge < -0.3 is 31.1 Å². The van der Waals surface area contributed by atoms with Crippen molar-refractivity contribution < 1.29 is 34.4 Å². The molecule has 0 saturated carbocycles. The predicted molar refractivity (Wildman–Crippen MR) is 141 cm³/mol. The van der Waals surface area contributed by atoms with Crippen molar-refractivity contribution in [3.05, 3.63) is 71.8 Å². The molecule has 37 heavy (non-hydrogen) atoms. The molecular formula is C28H40N2O7. The van der Waals surface area contributed by atoms with Gasteiger partial charge in [0.05, 0.1) is 6.10 Å². The molecule has 1 amide bonds. The molecule has 0 fully saturated rings. The van der Waals surface area contributed by atoms with Crippen molar-refractivity contribution >= 4 is 18.0 Å². The molecule has 9 heteroatoms. The minimum Gasteiger partial charge on any atom is -0.481 e. The number of carboxylic acid groups (broad SMARTS) is 2. The van der Waals surface area contributed by atoms with Gasteiger partial charge in [0.25, 0.3) is 0 Å². The molecule has 0 bridgehead atoms. The number of carbonyl (C=O) groups is 3. The molecule has 3 atom stereocenters. The van der Waals surface area contributed by atoms with Gasteiger partial charge in [0.2, 0.25) is 0 Å². The van der Waals surface area contributed by atoms with E-state index in [0.717, 1.165) is 11.1 Å². The maximum absolute atomic E-state index is 12.3. The molecule has 0 aliphatic rings. The highest BCUT2D eigenvalue weighted by Crippen LogP contribution is 2.14. The molecule has 9 nitrogen and oxygen atoms in total. The molecule has 0 spiro atoms. The summed E-state index contributed by atoms with van der Waals surface area (Å²) >= 11 is 0. The fourth-order valence-electron chi connectivity index (χ4n) is 3.45. The van der Waals surface area contributed by atoms with Gasteiger partial charge in [-0.15, -0.1) is 0 Å². The first kappa shape index (κ1) is 31.6. The zero-order valence-corrected chi connectivity index (χ0v) is 21.8. The molecule has 3 unspecified atom stereocenters. The van der Waals surface area contributed by atoms with Crippen molar-refractivity contribution in [2.24, 2.45) is 5.73 Å². The van der Waals surface area contributed by atoms with E-state index in [4.69, 9.17) is 20.7 Å². The van der Waals surface area contributed by atoms with E-state index >= 15 is 0 Å². The second kappa shape index (κ2) is 16.3. The van der Waals surface area contributed by atoms with Crippen LogP contribution >= 0.6 is 0 Å². The number of benzene rings is 2. The fraction of sp³-hybridized carbons (Fsp3) is 0.464. The number of alkyl carbamates (subject to hydrolysis) is 1. The number of nitrogens with one attached hydrogen (secondary N) is 1. The Morgan fingerprint density at radius 3 is 1.76 bits per heavy atom. The molecule has 0 aliphatic heterocycles. The van der Waals surface area contributed by atoms with Gasteiger partial charge in [0.1, 0.15) is 5.60 Å². The van der Waals surface area contributed by atoms with Crippen LogP contribution in [0.1, 0.15) is 57.6 Å². The van der Waals surface area contributed by atoms with E-state index in [-0.39, 0.29) is 25.3 Å². The van der Waals surface area contributed by atoms with Crippen LogP contribution in [0.2, 0.25) is 0 Å². The minimum absolute atomic E-state index is 0.0632. The molecule has 0 aliphatic carbocycles. The Morgan fingerprint density at radius 1 is 0.865 bits per heavy atom. The lowest BCUT2D eigenvalue weighted by Gasteiger charge is -2.27. The van der Waals surface area contributed by atoms with Crippen LogP contribution in [0.25, 0.3) is 0 Å². The molecule has 204 valence electrons. The van der Waals surface area contributed by atoms with E-state index < -0.39 is 35.8 Å². The molecule has 2 aromatic rings. The molecule has 0 saturated heterocycles. The highest BCUT2D eigenvalue weighted by molar-refractivity contribution is 5.70. The Kier molecular flexibility index (Phi) is 14.0. The van der Waals surface area contributed by atoms with E-state index in [0.29, 0.717) is 19.3 Å². The van der Waals surface area contributed by atoms with Gasteiger partial charge >= 0.3 is 18.0 Å². The summed E-state index contributed by atoms with van der Waals surface area (Å²) in [5.74, 6) is -1.90. The Hall–Kier alpha value is -3.43. The van der Waals surface area contributed by atoms with Gasteiger partial charge in [-0.05, 0) is 57.6 Å². The molecule has 6 N–H and O–H groups in total. The zero-order chi connectivity index (χ0) is 27.8. The van der Waals surface area contributed by atoms with Crippen LogP contribution in [0.5, 0.6) is 0 Å². The lowest BCUT2D eigenvalue weighted by Crippen LogP contribution is -2.46. The number of carbonyl (C=O) groups excluding carboxylic acids is 1. The van der Waals surface area contributed by atoms with Gasteiger partial charge in [-0.2, -0.15) is 0 Å². The van der Waals surface area contributed by atoms with Crippen molar-refractivity contribution in [2.45, 2.75) is 83.1 Å². The predicted octanol–water partition coefficient (Wildman–Crippen LogP) is 3.77. The first-order valence-corrected chi connectivity index (χ1v) is 12.3. The summed E-state index contributed by atoms with van der Waals surface area (Å²) in [6.07, 6.45) is 0.369. The summed E-state index contributed by atoms with van der Waals surface area (Å²) in [4.78, 5) is 31.8. The lowest BCUT2D eigenvalue weighted by molar-refractivity contribution is -0.138. The number of hydrogen-bond donors (Lipinski definition) is 5. The number of rotatable bonds is 12. The summed E-state index contributed by atoms with van der Waals surface area (Å²) in [7, 11) is 0. The van der Waals surface area contributed by atoms with Gasteiger partial charge in [-0.1, -0.05) is 60.7 Å². The molecule has 0 radical (unpaired) electrons. The molecule has 2 aromatic carbocycles. The zero-order valence-electron chi connectivity index (χ0n) is 21.8. The van der Waals surface area contributed by atoms with Crippen LogP contribution in [-0.4, -0.2) is 57.1 Å². The Morgan fingerprint density at radius 2 is 1.32 bits per heavy atom. The van der Waals surface area contributed by atoms with E-state index in [1.165, 1.54) is 0 Å². The molecular weight excluding hydrogens is 476 g/mol. The monoisotopic (exact) mass is 516 g/mol. The standard InChI is InChI=1S/C23H32N2O3.C5H8O4/c1-23(2,3)28-22(27)25-19(14-17-10-6-4-7-11-17)16-21(26)20(24)15-18-12-8-5-9-13-18;6-4(7)2-1-3-5(8)9/h4-13,19-21,26H,14-16,24H2,1-3H3,(H,25,27);1-3H2,(H,6,7)(H,8,9). The van der Waals surface area contributed by atoms with E-state index in [1.807, 2.05) is 81.4 Å². The summed E-state index contributed by atoms with van der Waals surface area (Å²) in [5.41, 5.74) is 7.80. The topological polar surface area (TPSA) is 159 Å². The first-order chi connectivity index (χ1) is 17.4. The Labute approximate surface area is 218 Å². The van der Waals surface area contributed by atoms with Gasteiger partial charge in [0.15, 0.2) is 0 Å². The van der Waals surface area contributed by atoms with Crippen molar-refractivity contribution in [1.29, 1.82) is 0 Å². The fourth-order valence-corrected chi connectivity index (χ4v) is 3.45. The Bertz CT molecular complexity index is 932. The van der Waals surface area contributed by atoms with Gasteiger partial charge in [-0.3, -0.25) is 9.59 Å². The minimum atomic E-state index is -0.948. The van der Waals surface area contributed by atoms with E-state index in [1.54, 1.807) is 0 Å². The number of nitrogens with two attached hydrogens (primary N) is 1. The van der Waals surface area contributed by atoms with E-state index in [2.05, 4.69) is 5.32 Å². The number of aliphatic hydroxyl groups excluding tert-OH is 1. The van der Waals surface area contributed by atoms with Gasteiger partial charge in [-0.25, -0.2) is 4.79 Å². The van der Waals surface area contributed by atoms with Crippen LogP contribution in [-0.2, 0) is 27.2 Å². The number of aliphatic carboxylic acids is 2. The van der Waals surface area contributed by atoms with Crippen molar-refractivity contribution in [3.8, 4) is 0 Å².